The quantitative estimate of drug-likeness (QED) is 0.526. The number of alkyl halides is 3. The van der Waals surface area contributed by atoms with Crippen molar-refractivity contribution in [2.45, 2.75) is 6.36 Å². The number of methoxy groups -OCH3 is 3. The number of allylic oxidation sites excluding steroid dienone is 1. The number of nitrogens with one attached hydrogen (secondary N) is 1. The molecule has 0 aromatic heterocycles. The number of benzene rings is 2. The van der Waals surface area contributed by atoms with Gasteiger partial charge in [-0.25, -0.2) is 0 Å². The standard InChI is InChI=1S/C19H18F3NO5/c1-25-16-10-12(11-17(26-2)18(16)27-3)15(24)8-9-23-13-4-6-14(7-5-13)28-19(20,21)22/h4-11,23H,1-3H3/b9-8-. The van der Waals surface area contributed by atoms with Gasteiger partial charge in [-0.15, -0.1) is 13.2 Å². The van der Waals surface area contributed by atoms with Gasteiger partial charge in [0.2, 0.25) is 5.75 Å². The number of carbonyl (C=O) groups excluding carboxylic acids is 1. The van der Waals surface area contributed by atoms with E-state index >= 15 is 0 Å². The number of carbonyl (C=O) groups is 1. The number of ether oxygens (including phenoxy) is 4. The Kier molecular flexibility index (Phi) is 6.75. The molecule has 0 atom stereocenters. The molecule has 2 aromatic carbocycles. The molecule has 9 heteroatoms. The van der Waals surface area contributed by atoms with Gasteiger partial charge < -0.3 is 24.3 Å². The lowest BCUT2D eigenvalue weighted by Crippen LogP contribution is -2.16. The van der Waals surface area contributed by atoms with E-state index in [9.17, 15) is 18.0 Å². The van der Waals surface area contributed by atoms with Crippen molar-refractivity contribution in [2.24, 2.45) is 0 Å². The minimum Gasteiger partial charge on any atom is -0.493 e. The molecule has 0 bridgehead atoms. The maximum absolute atomic E-state index is 12.4. The molecule has 0 spiro atoms. The van der Waals surface area contributed by atoms with Crippen LogP contribution in [0.4, 0.5) is 18.9 Å². The van der Waals surface area contributed by atoms with Gasteiger partial charge in [-0.1, -0.05) is 0 Å². The summed E-state index contributed by atoms with van der Waals surface area (Å²) in [6, 6.07) is 8.11. The Morgan fingerprint density at radius 2 is 1.54 bits per heavy atom. The highest BCUT2D eigenvalue weighted by Crippen LogP contribution is 2.38. The number of rotatable bonds is 8. The fourth-order valence-corrected chi connectivity index (χ4v) is 2.29. The molecule has 6 nitrogen and oxygen atoms in total. The van der Waals surface area contributed by atoms with Gasteiger partial charge in [-0.3, -0.25) is 4.79 Å². The summed E-state index contributed by atoms with van der Waals surface area (Å²) in [6.45, 7) is 0. The lowest BCUT2D eigenvalue weighted by Gasteiger charge is -2.13. The first-order valence-corrected chi connectivity index (χ1v) is 7.90. The molecule has 28 heavy (non-hydrogen) atoms. The summed E-state index contributed by atoms with van der Waals surface area (Å²) >= 11 is 0. The van der Waals surface area contributed by atoms with Gasteiger partial charge in [0.1, 0.15) is 5.75 Å². The molecular formula is C19H18F3NO5. The summed E-state index contributed by atoms with van der Waals surface area (Å²) in [5.74, 6) is 0.364. The predicted molar refractivity (Wildman–Crippen MR) is 96.3 cm³/mol. The minimum atomic E-state index is -4.75. The molecule has 1 N–H and O–H groups in total. The molecule has 2 aromatic rings. The third-order valence-corrected chi connectivity index (χ3v) is 3.52. The summed E-state index contributed by atoms with van der Waals surface area (Å²) < 4.78 is 55.8. The Labute approximate surface area is 159 Å². The third-order valence-electron chi connectivity index (χ3n) is 3.52. The fourth-order valence-electron chi connectivity index (χ4n) is 2.29. The lowest BCUT2D eigenvalue weighted by atomic mass is 10.1. The van der Waals surface area contributed by atoms with Crippen LogP contribution in [0.2, 0.25) is 0 Å². The van der Waals surface area contributed by atoms with E-state index in [4.69, 9.17) is 14.2 Å². The van der Waals surface area contributed by atoms with Crippen LogP contribution in [0.5, 0.6) is 23.0 Å². The molecule has 0 aliphatic carbocycles. The maximum Gasteiger partial charge on any atom is 0.573 e. The van der Waals surface area contributed by atoms with Gasteiger partial charge in [0, 0.05) is 23.5 Å². The maximum atomic E-state index is 12.4. The van der Waals surface area contributed by atoms with Gasteiger partial charge in [-0.05, 0) is 36.4 Å². The molecule has 150 valence electrons. The van der Waals surface area contributed by atoms with Crippen molar-refractivity contribution in [2.75, 3.05) is 26.6 Å². The summed E-state index contributed by atoms with van der Waals surface area (Å²) in [7, 11) is 4.33. The van der Waals surface area contributed by atoms with E-state index in [1.54, 1.807) is 0 Å². The van der Waals surface area contributed by atoms with Crippen LogP contribution in [0.25, 0.3) is 0 Å². The van der Waals surface area contributed by atoms with Crippen LogP contribution < -0.4 is 24.3 Å². The number of anilines is 1. The Morgan fingerprint density at radius 1 is 0.964 bits per heavy atom. The van der Waals surface area contributed by atoms with Gasteiger partial charge in [0.15, 0.2) is 17.3 Å². The molecule has 0 saturated carbocycles. The molecule has 0 saturated heterocycles. The first kappa shape index (κ1) is 20.9. The summed E-state index contributed by atoms with van der Waals surface area (Å²) in [4.78, 5) is 12.4. The van der Waals surface area contributed by atoms with E-state index in [1.807, 2.05) is 0 Å². The van der Waals surface area contributed by atoms with Crippen LogP contribution in [0, 0.1) is 0 Å². The van der Waals surface area contributed by atoms with E-state index in [0.717, 1.165) is 12.1 Å². The molecule has 0 aliphatic heterocycles. The van der Waals surface area contributed by atoms with E-state index in [-0.39, 0.29) is 11.5 Å². The summed E-state index contributed by atoms with van der Waals surface area (Å²) in [5, 5.41) is 2.79. The highest BCUT2D eigenvalue weighted by molar-refractivity contribution is 6.05. The molecule has 0 aliphatic rings. The lowest BCUT2D eigenvalue weighted by molar-refractivity contribution is -0.274. The Morgan fingerprint density at radius 3 is 2.00 bits per heavy atom. The van der Waals surface area contributed by atoms with Crippen LogP contribution in [-0.2, 0) is 0 Å². The van der Waals surface area contributed by atoms with Crippen molar-refractivity contribution in [1.29, 1.82) is 0 Å². The first-order valence-electron chi connectivity index (χ1n) is 7.90. The second kappa shape index (κ2) is 9.03. The molecule has 0 radical (unpaired) electrons. The highest BCUT2D eigenvalue weighted by atomic mass is 19.4. The molecular weight excluding hydrogens is 379 g/mol. The van der Waals surface area contributed by atoms with Crippen LogP contribution in [-0.4, -0.2) is 33.5 Å². The zero-order valence-electron chi connectivity index (χ0n) is 15.3. The SMILES string of the molecule is COc1cc(C(=O)/C=C\Nc2ccc(OC(F)(F)F)cc2)cc(OC)c1OC. The van der Waals surface area contributed by atoms with Crippen molar-refractivity contribution in [3.63, 3.8) is 0 Å². The molecule has 0 amide bonds. The molecule has 2 rings (SSSR count). The number of hydrogen-bond acceptors (Lipinski definition) is 6. The zero-order valence-corrected chi connectivity index (χ0v) is 15.3. The van der Waals surface area contributed by atoms with Crippen LogP contribution in [0.3, 0.4) is 0 Å². The van der Waals surface area contributed by atoms with Crippen molar-refractivity contribution < 1.29 is 36.9 Å². The van der Waals surface area contributed by atoms with Crippen molar-refractivity contribution in [3.05, 3.63) is 54.2 Å². The van der Waals surface area contributed by atoms with Gasteiger partial charge in [-0.2, -0.15) is 0 Å². The van der Waals surface area contributed by atoms with E-state index < -0.39 is 6.36 Å². The normalized spacial score (nSPS) is 11.2. The first-order chi connectivity index (χ1) is 13.3. The topological polar surface area (TPSA) is 66.0 Å². The van der Waals surface area contributed by atoms with Crippen molar-refractivity contribution in [1.82, 2.24) is 0 Å². The number of ketones is 1. The molecule has 0 fully saturated rings. The zero-order chi connectivity index (χ0) is 20.7. The second-order valence-corrected chi connectivity index (χ2v) is 5.33. The number of halogens is 3. The van der Waals surface area contributed by atoms with Gasteiger partial charge in [0.05, 0.1) is 21.3 Å². The van der Waals surface area contributed by atoms with Crippen molar-refractivity contribution >= 4 is 11.5 Å². The fraction of sp³-hybridized carbons (Fsp3) is 0.211. The summed E-state index contributed by atoms with van der Waals surface area (Å²) in [5.41, 5.74) is 0.782. The van der Waals surface area contributed by atoms with Gasteiger partial charge >= 0.3 is 6.36 Å². The Balaban J connectivity index is 2.07. The van der Waals surface area contributed by atoms with Crippen molar-refractivity contribution in [3.8, 4) is 23.0 Å². The van der Waals surface area contributed by atoms with E-state index in [2.05, 4.69) is 10.1 Å². The molecule has 0 heterocycles. The average Bonchev–Trinajstić information content (AvgIpc) is 2.66. The minimum absolute atomic E-state index is 0.307. The predicted octanol–water partition coefficient (Wildman–Crippen LogP) is 4.42. The average molecular weight is 397 g/mol. The Hall–Kier alpha value is -3.36. The van der Waals surface area contributed by atoms with Gasteiger partial charge in [0.25, 0.3) is 0 Å². The van der Waals surface area contributed by atoms with Crippen LogP contribution >= 0.6 is 0 Å². The highest BCUT2D eigenvalue weighted by Gasteiger charge is 2.30. The monoisotopic (exact) mass is 397 g/mol. The van der Waals surface area contributed by atoms with Crippen LogP contribution in [0.15, 0.2) is 48.7 Å². The van der Waals surface area contributed by atoms with E-state index in [0.29, 0.717) is 28.5 Å². The largest absolute Gasteiger partial charge is 0.573 e. The smallest absolute Gasteiger partial charge is 0.493 e. The molecule has 0 unspecified atom stereocenters. The Bertz CT molecular complexity index is 823. The second-order valence-electron chi connectivity index (χ2n) is 5.33. The van der Waals surface area contributed by atoms with Crippen LogP contribution in [0.1, 0.15) is 10.4 Å². The summed E-state index contributed by atoms with van der Waals surface area (Å²) in [6.07, 6.45) is -2.12. The van der Waals surface area contributed by atoms with E-state index in [1.165, 1.54) is 57.9 Å². The number of hydrogen-bond donors (Lipinski definition) is 1. The third kappa shape index (κ3) is 5.57.